The molecule has 11 aromatic carbocycles. The Morgan fingerprint density at radius 2 is 0.900 bits per heavy atom. The molecule has 2 heteroatoms. The second-order valence-corrected chi connectivity index (χ2v) is 17.0. The van der Waals surface area contributed by atoms with Gasteiger partial charge in [-0.15, -0.1) is 11.3 Å². The van der Waals surface area contributed by atoms with E-state index in [0.717, 1.165) is 21.9 Å². The third-order valence-electron chi connectivity index (χ3n) is 12.7. The van der Waals surface area contributed by atoms with Crippen LogP contribution in [0.5, 0.6) is 0 Å². The summed E-state index contributed by atoms with van der Waals surface area (Å²) in [6, 6.07) is 75.7. The standard InChI is InChI=1S/C58H34OS/c1-2-13-35(14-3-1)37-15-12-16-39(33-37)54-43-19-6-8-21-45(43)55(46-22-9-7-20-44(46)54)47-30-29-40(41-17-4-5-18-42(41)47)38-26-25-36-27-28-49-56-51(59-58(49)50(36)34-38)31-32-53-57(56)48-23-10-11-24-52(48)60-53/h1-34H. The summed E-state index contributed by atoms with van der Waals surface area (Å²) in [5.74, 6) is 0. The average Bonchev–Trinajstić information content (AvgIpc) is 3.89. The second kappa shape index (κ2) is 13.0. The predicted octanol–water partition coefficient (Wildman–Crippen LogP) is 17.2. The van der Waals surface area contributed by atoms with Crippen LogP contribution in [0.4, 0.5) is 0 Å². The molecule has 0 N–H and O–H groups in total. The monoisotopic (exact) mass is 778 g/mol. The summed E-state index contributed by atoms with van der Waals surface area (Å²) in [5.41, 5.74) is 11.7. The summed E-state index contributed by atoms with van der Waals surface area (Å²) in [4.78, 5) is 0. The molecule has 0 fully saturated rings. The van der Waals surface area contributed by atoms with Gasteiger partial charge in [-0.25, -0.2) is 0 Å². The highest BCUT2D eigenvalue weighted by Crippen LogP contribution is 2.48. The van der Waals surface area contributed by atoms with Crippen LogP contribution in [-0.4, -0.2) is 0 Å². The molecule has 13 aromatic rings. The molecular weight excluding hydrogens is 745 g/mol. The van der Waals surface area contributed by atoms with Gasteiger partial charge >= 0.3 is 0 Å². The SMILES string of the molecule is c1ccc(-c2cccc(-c3c4ccccc4c(-c4ccc(-c5ccc6ccc7c(oc8ccc9sc%10ccccc%10c9c87)c6c5)c5ccccc45)c4ccccc34)c2)cc1. The lowest BCUT2D eigenvalue weighted by Gasteiger charge is -2.20. The first-order valence-electron chi connectivity index (χ1n) is 20.6. The Kier molecular flexibility index (Phi) is 7.24. The molecule has 0 aliphatic rings. The predicted molar refractivity (Wildman–Crippen MR) is 258 cm³/mol. The highest BCUT2D eigenvalue weighted by atomic mass is 32.1. The highest BCUT2D eigenvalue weighted by Gasteiger charge is 2.21. The van der Waals surface area contributed by atoms with Gasteiger partial charge in [-0.05, 0) is 119 Å². The van der Waals surface area contributed by atoms with Crippen molar-refractivity contribution >= 4 is 96.5 Å². The van der Waals surface area contributed by atoms with E-state index in [0.29, 0.717) is 0 Å². The third-order valence-corrected chi connectivity index (χ3v) is 13.8. The van der Waals surface area contributed by atoms with Gasteiger partial charge in [0.05, 0.1) is 0 Å². The van der Waals surface area contributed by atoms with E-state index in [2.05, 4.69) is 206 Å². The molecule has 2 aromatic heterocycles. The smallest absolute Gasteiger partial charge is 0.143 e. The molecule has 0 atom stereocenters. The second-order valence-electron chi connectivity index (χ2n) is 15.9. The van der Waals surface area contributed by atoms with Crippen molar-refractivity contribution in [3.63, 3.8) is 0 Å². The first-order chi connectivity index (χ1) is 29.8. The molecule has 0 aliphatic heterocycles. The molecular formula is C58H34OS. The van der Waals surface area contributed by atoms with Gasteiger partial charge in [0.25, 0.3) is 0 Å². The van der Waals surface area contributed by atoms with Crippen molar-refractivity contribution in [3.8, 4) is 44.5 Å². The molecule has 13 rings (SSSR count). The van der Waals surface area contributed by atoms with Crippen LogP contribution in [0.3, 0.4) is 0 Å². The number of fused-ring (bicyclic) bond motifs is 12. The van der Waals surface area contributed by atoms with Crippen molar-refractivity contribution in [1.82, 2.24) is 0 Å². The molecule has 278 valence electrons. The van der Waals surface area contributed by atoms with Crippen molar-refractivity contribution in [2.24, 2.45) is 0 Å². The van der Waals surface area contributed by atoms with Crippen LogP contribution in [0.2, 0.25) is 0 Å². The van der Waals surface area contributed by atoms with E-state index in [1.165, 1.54) is 108 Å². The number of hydrogen-bond acceptors (Lipinski definition) is 2. The lowest BCUT2D eigenvalue weighted by atomic mass is 9.83. The van der Waals surface area contributed by atoms with Gasteiger partial charge in [0.15, 0.2) is 0 Å². The number of thiophene rings is 1. The number of furan rings is 1. The van der Waals surface area contributed by atoms with E-state index >= 15 is 0 Å². The van der Waals surface area contributed by atoms with Crippen LogP contribution < -0.4 is 0 Å². The van der Waals surface area contributed by atoms with E-state index < -0.39 is 0 Å². The van der Waals surface area contributed by atoms with Gasteiger partial charge < -0.3 is 4.42 Å². The Balaban J connectivity index is 1.02. The van der Waals surface area contributed by atoms with Gasteiger partial charge in [-0.1, -0.05) is 170 Å². The minimum absolute atomic E-state index is 0.933. The van der Waals surface area contributed by atoms with Crippen molar-refractivity contribution in [3.05, 3.63) is 206 Å². The molecule has 0 radical (unpaired) electrons. The van der Waals surface area contributed by atoms with Crippen LogP contribution in [-0.2, 0) is 0 Å². The zero-order valence-electron chi connectivity index (χ0n) is 32.4. The van der Waals surface area contributed by atoms with Crippen molar-refractivity contribution in [2.45, 2.75) is 0 Å². The Bertz CT molecular complexity index is 3830. The Labute approximate surface area is 350 Å². The maximum atomic E-state index is 6.80. The maximum absolute atomic E-state index is 6.80. The van der Waals surface area contributed by atoms with Crippen LogP contribution in [0, 0.1) is 0 Å². The van der Waals surface area contributed by atoms with Crippen LogP contribution in [0.15, 0.2) is 211 Å². The Morgan fingerprint density at radius 3 is 1.67 bits per heavy atom. The minimum atomic E-state index is 0.933. The normalized spacial score (nSPS) is 12.0. The van der Waals surface area contributed by atoms with E-state index in [1.807, 2.05) is 11.3 Å². The number of rotatable bonds is 4. The zero-order chi connectivity index (χ0) is 39.3. The van der Waals surface area contributed by atoms with Gasteiger partial charge in [-0.3, -0.25) is 0 Å². The molecule has 0 saturated heterocycles. The van der Waals surface area contributed by atoms with E-state index in [-0.39, 0.29) is 0 Å². The van der Waals surface area contributed by atoms with E-state index in [9.17, 15) is 0 Å². The average molecular weight is 779 g/mol. The molecule has 0 unspecified atom stereocenters. The summed E-state index contributed by atoms with van der Waals surface area (Å²) >= 11 is 1.85. The fourth-order valence-corrected chi connectivity index (χ4v) is 11.1. The summed E-state index contributed by atoms with van der Waals surface area (Å²) < 4.78 is 9.40. The van der Waals surface area contributed by atoms with E-state index in [4.69, 9.17) is 4.42 Å². The third kappa shape index (κ3) is 4.92. The largest absolute Gasteiger partial charge is 0.455 e. The van der Waals surface area contributed by atoms with E-state index in [1.54, 1.807) is 0 Å². The first-order valence-corrected chi connectivity index (χ1v) is 21.4. The summed E-state index contributed by atoms with van der Waals surface area (Å²) in [5, 5.41) is 14.7. The van der Waals surface area contributed by atoms with Gasteiger partial charge in [0.1, 0.15) is 11.2 Å². The Morgan fingerprint density at radius 1 is 0.300 bits per heavy atom. The summed E-state index contributed by atoms with van der Waals surface area (Å²) in [7, 11) is 0. The lowest BCUT2D eigenvalue weighted by Crippen LogP contribution is -1.93. The number of hydrogen-bond donors (Lipinski definition) is 0. The molecule has 0 bridgehead atoms. The topological polar surface area (TPSA) is 13.1 Å². The summed E-state index contributed by atoms with van der Waals surface area (Å²) in [6.45, 7) is 0. The van der Waals surface area contributed by atoms with Crippen molar-refractivity contribution < 1.29 is 4.42 Å². The molecule has 2 heterocycles. The quantitative estimate of drug-likeness (QED) is 0.162. The van der Waals surface area contributed by atoms with Crippen molar-refractivity contribution in [2.75, 3.05) is 0 Å². The number of benzene rings is 11. The molecule has 60 heavy (non-hydrogen) atoms. The molecule has 0 aliphatic carbocycles. The van der Waals surface area contributed by atoms with Gasteiger partial charge in [0, 0.05) is 36.3 Å². The maximum Gasteiger partial charge on any atom is 0.143 e. The zero-order valence-corrected chi connectivity index (χ0v) is 33.3. The Hall–Kier alpha value is -7.52. The minimum Gasteiger partial charge on any atom is -0.455 e. The first kappa shape index (κ1) is 33.5. The molecule has 0 amide bonds. The molecule has 0 spiro atoms. The van der Waals surface area contributed by atoms with Crippen LogP contribution in [0.1, 0.15) is 0 Å². The lowest BCUT2D eigenvalue weighted by molar-refractivity contribution is 0.673. The van der Waals surface area contributed by atoms with Gasteiger partial charge in [0.2, 0.25) is 0 Å². The summed E-state index contributed by atoms with van der Waals surface area (Å²) in [6.07, 6.45) is 0. The fourth-order valence-electron chi connectivity index (χ4n) is 10.0. The van der Waals surface area contributed by atoms with Crippen LogP contribution in [0.25, 0.3) is 130 Å². The van der Waals surface area contributed by atoms with Crippen LogP contribution >= 0.6 is 11.3 Å². The fraction of sp³-hybridized carbons (Fsp3) is 0. The molecule has 0 saturated carbocycles. The highest BCUT2D eigenvalue weighted by molar-refractivity contribution is 7.26. The molecule has 1 nitrogen and oxygen atoms in total. The van der Waals surface area contributed by atoms with Crippen molar-refractivity contribution in [1.29, 1.82) is 0 Å². The van der Waals surface area contributed by atoms with Gasteiger partial charge in [-0.2, -0.15) is 0 Å².